The highest BCUT2D eigenvalue weighted by molar-refractivity contribution is 7.90. The molecule has 1 heterocycles. The Morgan fingerprint density at radius 2 is 1.49 bits per heavy atom. The van der Waals surface area contributed by atoms with Crippen LogP contribution in [0.2, 0.25) is 0 Å². The molecule has 0 atom stereocenters. The third-order valence-electron chi connectivity index (χ3n) is 5.26. The Hall–Kier alpha value is -4.18. The lowest BCUT2D eigenvalue weighted by molar-refractivity contribution is 0.103. The van der Waals surface area contributed by atoms with Gasteiger partial charge in [-0.2, -0.15) is 0 Å². The molecule has 0 unspecified atom stereocenters. The molecule has 180 valence electrons. The molecule has 35 heavy (non-hydrogen) atoms. The molecule has 3 aromatic carbocycles. The van der Waals surface area contributed by atoms with Gasteiger partial charge >= 0.3 is 0 Å². The van der Waals surface area contributed by atoms with Crippen molar-refractivity contribution in [3.63, 3.8) is 0 Å². The van der Waals surface area contributed by atoms with E-state index in [1.807, 2.05) is 0 Å². The Morgan fingerprint density at radius 3 is 2.03 bits per heavy atom. The summed E-state index contributed by atoms with van der Waals surface area (Å²) < 4.78 is 57.9. The van der Waals surface area contributed by atoms with E-state index in [2.05, 4.69) is 4.98 Å². The summed E-state index contributed by atoms with van der Waals surface area (Å²) in [5, 5.41) is 0. The lowest BCUT2D eigenvalue weighted by Gasteiger charge is -2.16. The van der Waals surface area contributed by atoms with Gasteiger partial charge in [-0.05, 0) is 48.5 Å². The maximum absolute atomic E-state index is 13.8. The highest BCUT2D eigenvalue weighted by atomic mass is 32.2. The first-order valence-electron chi connectivity index (χ1n) is 10.3. The highest BCUT2D eigenvalue weighted by Gasteiger charge is 2.30. The predicted octanol–water partition coefficient (Wildman–Crippen LogP) is 4.18. The lowest BCUT2D eigenvalue weighted by atomic mass is 10.1. The van der Waals surface area contributed by atoms with Crippen LogP contribution >= 0.6 is 0 Å². The van der Waals surface area contributed by atoms with Crippen LogP contribution in [0, 0.1) is 5.82 Å². The van der Waals surface area contributed by atoms with Crippen molar-refractivity contribution in [1.29, 1.82) is 0 Å². The number of halogens is 1. The van der Waals surface area contributed by atoms with Crippen LogP contribution in [0.25, 0.3) is 11.4 Å². The van der Waals surface area contributed by atoms with Gasteiger partial charge in [0.05, 0.1) is 32.4 Å². The van der Waals surface area contributed by atoms with Crippen LogP contribution in [0.15, 0.2) is 77.8 Å². The zero-order chi connectivity index (χ0) is 25.2. The van der Waals surface area contributed by atoms with E-state index in [0.29, 0.717) is 11.3 Å². The number of ether oxygens (including phenoxy) is 3. The fourth-order valence-electron chi connectivity index (χ4n) is 3.58. The molecule has 0 N–H and O–H groups in total. The second-order valence-electron chi connectivity index (χ2n) is 7.30. The first kappa shape index (κ1) is 24.0. The quantitative estimate of drug-likeness (QED) is 0.338. The summed E-state index contributed by atoms with van der Waals surface area (Å²) in [5.74, 6) is -0.343. The minimum atomic E-state index is -4.27. The number of ketones is 1. The van der Waals surface area contributed by atoms with Crippen LogP contribution in [0.4, 0.5) is 4.39 Å². The van der Waals surface area contributed by atoms with E-state index in [9.17, 15) is 17.6 Å². The molecule has 0 saturated carbocycles. The Balaban J connectivity index is 2.00. The first-order chi connectivity index (χ1) is 16.8. The van der Waals surface area contributed by atoms with E-state index in [4.69, 9.17) is 14.2 Å². The molecule has 4 rings (SSSR count). The summed E-state index contributed by atoms with van der Waals surface area (Å²) in [6.45, 7) is 0. The standard InChI is InChI=1S/C25H21FN2O6S/c1-32-21-13-17(14-22(33-2)24(21)34-3)25-27-15-20(23(29)16-9-11-18(26)12-10-16)28(25)35(30,31)19-7-5-4-6-8-19/h4-15H,1-3H3. The number of carbonyl (C=O) groups is 1. The van der Waals surface area contributed by atoms with Gasteiger partial charge < -0.3 is 14.2 Å². The lowest BCUT2D eigenvalue weighted by Crippen LogP contribution is -2.20. The van der Waals surface area contributed by atoms with Crippen molar-refractivity contribution in [2.24, 2.45) is 0 Å². The van der Waals surface area contributed by atoms with Gasteiger partial charge in [0.2, 0.25) is 11.5 Å². The van der Waals surface area contributed by atoms with E-state index in [1.54, 1.807) is 18.2 Å². The largest absolute Gasteiger partial charge is 0.493 e. The van der Waals surface area contributed by atoms with E-state index >= 15 is 0 Å². The summed E-state index contributed by atoms with van der Waals surface area (Å²) in [4.78, 5) is 17.6. The maximum atomic E-state index is 13.8. The summed E-state index contributed by atoms with van der Waals surface area (Å²) in [6.07, 6.45) is 1.17. The van der Waals surface area contributed by atoms with Gasteiger partial charge in [0, 0.05) is 11.1 Å². The number of imidazole rings is 1. The summed E-state index contributed by atoms with van der Waals surface area (Å²) >= 11 is 0. The average molecular weight is 497 g/mol. The Bertz CT molecular complexity index is 1460. The van der Waals surface area contributed by atoms with Crippen molar-refractivity contribution in [2.75, 3.05) is 21.3 Å². The molecular formula is C25H21FN2O6S. The number of benzene rings is 3. The molecular weight excluding hydrogens is 475 g/mol. The molecule has 0 spiro atoms. The third kappa shape index (κ3) is 4.35. The van der Waals surface area contributed by atoms with Gasteiger partial charge in [-0.3, -0.25) is 4.79 Å². The summed E-state index contributed by atoms with van der Waals surface area (Å²) in [7, 11) is 0.0267. The number of hydrogen-bond acceptors (Lipinski definition) is 7. The van der Waals surface area contributed by atoms with Gasteiger partial charge in [0.25, 0.3) is 10.0 Å². The van der Waals surface area contributed by atoms with Gasteiger partial charge in [-0.25, -0.2) is 21.8 Å². The molecule has 0 aliphatic carbocycles. The van der Waals surface area contributed by atoms with Gasteiger partial charge in [0.15, 0.2) is 17.3 Å². The normalized spacial score (nSPS) is 11.2. The first-order valence-corrected chi connectivity index (χ1v) is 11.7. The smallest absolute Gasteiger partial charge is 0.270 e. The number of nitrogens with zero attached hydrogens (tertiary/aromatic N) is 2. The van der Waals surface area contributed by atoms with Crippen LogP contribution in [-0.2, 0) is 10.0 Å². The van der Waals surface area contributed by atoms with Crippen molar-refractivity contribution < 1.29 is 31.8 Å². The molecule has 0 aliphatic rings. The Morgan fingerprint density at radius 1 is 0.886 bits per heavy atom. The molecule has 0 saturated heterocycles. The molecule has 4 aromatic rings. The number of hydrogen-bond donors (Lipinski definition) is 0. The van der Waals surface area contributed by atoms with Gasteiger partial charge in [-0.15, -0.1) is 0 Å². The summed E-state index contributed by atoms with van der Waals surface area (Å²) in [5.41, 5.74) is 0.189. The topological polar surface area (TPSA) is 96.7 Å². The number of rotatable bonds is 8. The molecule has 0 aliphatic heterocycles. The minimum Gasteiger partial charge on any atom is -0.493 e. The van der Waals surface area contributed by atoms with E-state index in [-0.39, 0.29) is 33.5 Å². The molecule has 8 nitrogen and oxygen atoms in total. The van der Waals surface area contributed by atoms with Gasteiger partial charge in [-0.1, -0.05) is 18.2 Å². The van der Waals surface area contributed by atoms with Crippen molar-refractivity contribution in [1.82, 2.24) is 8.96 Å². The average Bonchev–Trinajstić information content (AvgIpc) is 3.34. The fourth-order valence-corrected chi connectivity index (χ4v) is 5.07. The van der Waals surface area contributed by atoms with Crippen LogP contribution in [0.5, 0.6) is 17.2 Å². The van der Waals surface area contributed by atoms with Gasteiger partial charge in [0.1, 0.15) is 11.5 Å². The monoisotopic (exact) mass is 496 g/mol. The van der Waals surface area contributed by atoms with Crippen molar-refractivity contribution in [3.8, 4) is 28.6 Å². The van der Waals surface area contributed by atoms with Crippen molar-refractivity contribution in [3.05, 3.63) is 90.0 Å². The van der Waals surface area contributed by atoms with E-state index < -0.39 is 21.6 Å². The van der Waals surface area contributed by atoms with E-state index in [1.165, 1.54) is 63.9 Å². The Kier molecular flexibility index (Phi) is 6.57. The molecule has 0 fully saturated rings. The minimum absolute atomic E-state index is 0.0418. The molecule has 0 radical (unpaired) electrons. The second-order valence-corrected chi connectivity index (χ2v) is 9.09. The molecule has 0 bridgehead atoms. The molecule has 10 heteroatoms. The van der Waals surface area contributed by atoms with E-state index in [0.717, 1.165) is 16.1 Å². The van der Waals surface area contributed by atoms with Crippen LogP contribution in [-0.4, -0.2) is 44.5 Å². The van der Waals surface area contributed by atoms with Crippen molar-refractivity contribution >= 4 is 15.8 Å². The number of methoxy groups -OCH3 is 3. The zero-order valence-corrected chi connectivity index (χ0v) is 19.9. The maximum Gasteiger partial charge on any atom is 0.270 e. The molecule has 0 amide bonds. The third-order valence-corrected chi connectivity index (χ3v) is 6.98. The van der Waals surface area contributed by atoms with Crippen LogP contribution in [0.3, 0.4) is 0 Å². The molecule has 1 aromatic heterocycles. The number of aromatic nitrogens is 2. The van der Waals surface area contributed by atoms with Crippen LogP contribution in [0.1, 0.15) is 16.1 Å². The van der Waals surface area contributed by atoms with Crippen molar-refractivity contribution in [2.45, 2.75) is 4.90 Å². The fraction of sp³-hybridized carbons (Fsp3) is 0.120. The SMILES string of the molecule is COc1cc(-c2ncc(C(=O)c3ccc(F)cc3)n2S(=O)(=O)c2ccccc2)cc(OC)c1OC. The predicted molar refractivity (Wildman–Crippen MR) is 126 cm³/mol. The Labute approximate surface area is 201 Å². The zero-order valence-electron chi connectivity index (χ0n) is 19.1. The number of carbonyl (C=O) groups excluding carboxylic acids is 1. The van der Waals surface area contributed by atoms with Crippen LogP contribution < -0.4 is 14.2 Å². The second kappa shape index (κ2) is 9.59. The highest BCUT2D eigenvalue weighted by Crippen LogP contribution is 2.41. The summed E-state index contributed by atoms with van der Waals surface area (Å²) in [6, 6.07) is 15.5.